The molecule has 5 N–H and O–H groups in total. The molecule has 0 saturated carbocycles. The zero-order valence-electron chi connectivity index (χ0n) is 7.92. The summed E-state index contributed by atoms with van der Waals surface area (Å²) < 4.78 is 5.44. The minimum atomic E-state index is 0.211. The van der Waals surface area contributed by atoms with E-state index in [0.717, 1.165) is 25.2 Å². The van der Waals surface area contributed by atoms with Crippen LogP contribution in [-0.4, -0.2) is 19.2 Å². The Morgan fingerprint density at radius 1 is 1.46 bits per heavy atom. The van der Waals surface area contributed by atoms with Crippen LogP contribution in [0.1, 0.15) is 13.3 Å². The van der Waals surface area contributed by atoms with Crippen LogP contribution >= 0.6 is 0 Å². The van der Waals surface area contributed by atoms with Gasteiger partial charge >= 0.3 is 0 Å². The number of rotatable bonds is 3. The first-order chi connectivity index (χ1) is 6.18. The van der Waals surface area contributed by atoms with Gasteiger partial charge in [0.25, 0.3) is 0 Å². The molecule has 0 amide bonds. The first kappa shape index (κ1) is 9.92. The van der Waals surface area contributed by atoms with Gasteiger partial charge in [0.1, 0.15) is 6.10 Å². The normalized spacial score (nSPS) is 24.8. The van der Waals surface area contributed by atoms with Gasteiger partial charge in [-0.3, -0.25) is 0 Å². The van der Waals surface area contributed by atoms with Gasteiger partial charge < -0.3 is 21.5 Å². The summed E-state index contributed by atoms with van der Waals surface area (Å²) >= 11 is 0. The van der Waals surface area contributed by atoms with E-state index in [1.807, 2.05) is 0 Å². The quantitative estimate of drug-likeness (QED) is 0.426. The first-order valence-corrected chi connectivity index (χ1v) is 4.45. The molecule has 1 heterocycles. The molecule has 1 atom stereocenters. The maximum absolute atomic E-state index is 5.61. The van der Waals surface area contributed by atoms with Crippen molar-refractivity contribution in [2.45, 2.75) is 19.4 Å². The molecule has 0 aromatic heterocycles. The molecule has 0 bridgehead atoms. The van der Waals surface area contributed by atoms with Crippen LogP contribution in [0.15, 0.2) is 23.7 Å². The lowest BCUT2D eigenvalue weighted by Crippen LogP contribution is -2.19. The fraction of sp³-hybridized carbons (Fsp3) is 0.556. The second-order valence-electron chi connectivity index (χ2n) is 3.21. The molecule has 1 aliphatic rings. The van der Waals surface area contributed by atoms with Crippen molar-refractivity contribution in [3.05, 3.63) is 23.7 Å². The standard InChI is InChI=1S/C9H17N3O/c1-7(10)2-3-9(11)13-8-4-5-12-6-8/h2-3,8,12H,4-6,10-11H2,1H3/b7-2-,9-3+. The van der Waals surface area contributed by atoms with Crippen molar-refractivity contribution < 1.29 is 4.74 Å². The molecular weight excluding hydrogens is 166 g/mol. The highest BCUT2D eigenvalue weighted by molar-refractivity contribution is 5.09. The molecule has 0 radical (unpaired) electrons. The Bertz CT molecular complexity index is 213. The largest absolute Gasteiger partial charge is 0.475 e. The lowest BCUT2D eigenvalue weighted by atomic mass is 10.3. The predicted molar refractivity (Wildman–Crippen MR) is 52.6 cm³/mol. The third-order valence-corrected chi connectivity index (χ3v) is 1.83. The highest BCUT2D eigenvalue weighted by Crippen LogP contribution is 2.06. The van der Waals surface area contributed by atoms with Gasteiger partial charge in [-0.25, -0.2) is 0 Å². The van der Waals surface area contributed by atoms with E-state index in [0.29, 0.717) is 5.88 Å². The van der Waals surface area contributed by atoms with E-state index >= 15 is 0 Å². The Morgan fingerprint density at radius 3 is 2.77 bits per heavy atom. The zero-order valence-corrected chi connectivity index (χ0v) is 7.92. The van der Waals surface area contributed by atoms with Gasteiger partial charge in [0.05, 0.1) is 0 Å². The molecule has 1 fully saturated rings. The lowest BCUT2D eigenvalue weighted by molar-refractivity contribution is 0.130. The second kappa shape index (κ2) is 4.77. The summed E-state index contributed by atoms with van der Waals surface area (Å²) in [5, 5.41) is 3.19. The fourth-order valence-corrected chi connectivity index (χ4v) is 1.17. The molecular formula is C9H17N3O. The third-order valence-electron chi connectivity index (χ3n) is 1.83. The van der Waals surface area contributed by atoms with Gasteiger partial charge in [-0.2, -0.15) is 0 Å². The van der Waals surface area contributed by atoms with E-state index in [1.165, 1.54) is 0 Å². The minimum absolute atomic E-state index is 0.211. The Kier molecular flexibility index (Phi) is 3.64. The molecule has 1 rings (SSSR count). The topological polar surface area (TPSA) is 73.3 Å². The third kappa shape index (κ3) is 3.85. The molecule has 13 heavy (non-hydrogen) atoms. The van der Waals surface area contributed by atoms with Crippen LogP contribution in [0.5, 0.6) is 0 Å². The van der Waals surface area contributed by atoms with Crippen molar-refractivity contribution in [3.8, 4) is 0 Å². The maximum atomic E-state index is 5.61. The van der Waals surface area contributed by atoms with E-state index in [1.54, 1.807) is 19.1 Å². The Morgan fingerprint density at radius 2 is 2.23 bits per heavy atom. The van der Waals surface area contributed by atoms with Crippen molar-refractivity contribution in [2.75, 3.05) is 13.1 Å². The summed E-state index contributed by atoms with van der Waals surface area (Å²) in [7, 11) is 0. The SMILES string of the molecule is C/C(N)=C/C=C(\N)OC1CCNC1. The summed E-state index contributed by atoms with van der Waals surface area (Å²) in [6, 6.07) is 0. The van der Waals surface area contributed by atoms with Crippen molar-refractivity contribution in [2.24, 2.45) is 11.5 Å². The van der Waals surface area contributed by atoms with Crippen LogP contribution in [-0.2, 0) is 4.74 Å². The Labute approximate surface area is 78.6 Å². The first-order valence-electron chi connectivity index (χ1n) is 4.45. The molecule has 1 saturated heterocycles. The van der Waals surface area contributed by atoms with Crippen LogP contribution in [0.3, 0.4) is 0 Å². The molecule has 0 aromatic carbocycles. The predicted octanol–water partition coefficient (Wildman–Crippen LogP) is 0.0275. The lowest BCUT2D eigenvalue weighted by Gasteiger charge is -2.11. The summed E-state index contributed by atoms with van der Waals surface area (Å²) in [5.74, 6) is 0.429. The smallest absolute Gasteiger partial charge is 0.184 e. The molecule has 74 valence electrons. The highest BCUT2D eigenvalue weighted by Gasteiger charge is 2.15. The molecule has 0 spiro atoms. The van der Waals surface area contributed by atoms with Crippen LogP contribution in [0.2, 0.25) is 0 Å². The number of ether oxygens (including phenoxy) is 1. The van der Waals surface area contributed by atoms with Crippen molar-refractivity contribution >= 4 is 0 Å². The van der Waals surface area contributed by atoms with E-state index in [9.17, 15) is 0 Å². The monoisotopic (exact) mass is 183 g/mol. The van der Waals surface area contributed by atoms with Crippen molar-refractivity contribution in [1.82, 2.24) is 5.32 Å². The average molecular weight is 183 g/mol. The molecule has 1 aliphatic heterocycles. The van der Waals surface area contributed by atoms with Gasteiger partial charge in [-0.1, -0.05) is 0 Å². The molecule has 4 nitrogen and oxygen atoms in total. The highest BCUT2D eigenvalue weighted by atomic mass is 16.5. The number of hydrogen-bond acceptors (Lipinski definition) is 4. The molecule has 0 aromatic rings. The second-order valence-corrected chi connectivity index (χ2v) is 3.21. The molecule has 0 aliphatic carbocycles. The van der Waals surface area contributed by atoms with Crippen molar-refractivity contribution in [1.29, 1.82) is 0 Å². The van der Waals surface area contributed by atoms with Crippen LogP contribution in [0.4, 0.5) is 0 Å². The summed E-state index contributed by atoms with van der Waals surface area (Å²) in [6.45, 7) is 3.68. The number of hydrogen-bond donors (Lipinski definition) is 3. The van der Waals surface area contributed by atoms with E-state index in [4.69, 9.17) is 16.2 Å². The van der Waals surface area contributed by atoms with Crippen LogP contribution in [0.25, 0.3) is 0 Å². The van der Waals surface area contributed by atoms with Gasteiger partial charge in [0.2, 0.25) is 0 Å². The number of nitrogens with one attached hydrogen (secondary N) is 1. The van der Waals surface area contributed by atoms with Gasteiger partial charge in [0, 0.05) is 12.2 Å². The molecule has 1 unspecified atom stereocenters. The maximum Gasteiger partial charge on any atom is 0.184 e. The van der Waals surface area contributed by atoms with E-state index in [-0.39, 0.29) is 6.10 Å². The molecule has 4 heteroatoms. The number of allylic oxidation sites excluding steroid dienone is 3. The summed E-state index contributed by atoms with van der Waals surface area (Å²) in [4.78, 5) is 0. The Hall–Kier alpha value is -1.16. The van der Waals surface area contributed by atoms with Gasteiger partial charge in [-0.15, -0.1) is 0 Å². The van der Waals surface area contributed by atoms with Gasteiger partial charge in [0.15, 0.2) is 5.88 Å². The summed E-state index contributed by atoms with van der Waals surface area (Å²) in [5.41, 5.74) is 11.8. The summed E-state index contributed by atoms with van der Waals surface area (Å²) in [6.07, 6.45) is 4.65. The van der Waals surface area contributed by atoms with E-state index < -0.39 is 0 Å². The minimum Gasteiger partial charge on any atom is -0.475 e. The Balaban J connectivity index is 2.34. The zero-order chi connectivity index (χ0) is 9.68. The average Bonchev–Trinajstić information content (AvgIpc) is 2.53. The van der Waals surface area contributed by atoms with Crippen LogP contribution < -0.4 is 16.8 Å². The fourth-order valence-electron chi connectivity index (χ4n) is 1.17. The van der Waals surface area contributed by atoms with Crippen LogP contribution in [0, 0.1) is 0 Å². The van der Waals surface area contributed by atoms with Crippen molar-refractivity contribution in [3.63, 3.8) is 0 Å². The van der Waals surface area contributed by atoms with E-state index in [2.05, 4.69) is 5.32 Å². The number of nitrogens with two attached hydrogens (primary N) is 2. The van der Waals surface area contributed by atoms with Gasteiger partial charge in [-0.05, 0) is 32.0 Å².